The zero-order chi connectivity index (χ0) is 14.2. The molecule has 2 atom stereocenters. The van der Waals surface area contributed by atoms with E-state index in [0.29, 0.717) is 6.42 Å². The van der Waals surface area contributed by atoms with Crippen LogP contribution in [0.5, 0.6) is 0 Å². The zero-order valence-corrected chi connectivity index (χ0v) is 12.2. The number of aliphatic hydroxyl groups is 1. The molecule has 4 nitrogen and oxygen atoms in total. The topological polar surface area (TPSA) is 39.6 Å². The Morgan fingerprint density at radius 3 is 2.67 bits per heavy atom. The van der Waals surface area contributed by atoms with Crippen LogP contribution in [0.4, 0.5) is 0 Å². The Morgan fingerprint density at radius 1 is 1.10 bits per heavy atom. The summed E-state index contributed by atoms with van der Waals surface area (Å²) in [6.45, 7) is 5.48. The fraction of sp³-hybridized carbons (Fsp3) is 0.471. The van der Waals surface area contributed by atoms with Crippen LogP contribution >= 0.6 is 0 Å². The van der Waals surface area contributed by atoms with Gasteiger partial charge in [-0.05, 0) is 12.1 Å². The molecule has 2 bridgehead atoms. The fourth-order valence-corrected chi connectivity index (χ4v) is 3.59. The Hall–Kier alpha value is -1.49. The molecule has 3 saturated heterocycles. The van der Waals surface area contributed by atoms with Crippen molar-refractivity contribution < 1.29 is 5.11 Å². The second kappa shape index (κ2) is 5.37. The van der Waals surface area contributed by atoms with Gasteiger partial charge in [-0.3, -0.25) is 14.8 Å². The number of para-hydroxylation sites is 1. The largest absolute Gasteiger partial charge is 0.391 e. The second-order valence-electron chi connectivity index (χ2n) is 6.17. The van der Waals surface area contributed by atoms with E-state index in [4.69, 9.17) is 0 Å². The summed E-state index contributed by atoms with van der Waals surface area (Å²) in [5, 5.41) is 11.8. The van der Waals surface area contributed by atoms with Gasteiger partial charge in [-0.2, -0.15) is 0 Å². The first kappa shape index (κ1) is 13.2. The number of aromatic nitrogens is 1. The molecule has 4 heteroatoms. The van der Waals surface area contributed by atoms with Gasteiger partial charge in [-0.15, -0.1) is 0 Å². The maximum atomic E-state index is 10.6. The van der Waals surface area contributed by atoms with Gasteiger partial charge in [0, 0.05) is 56.3 Å². The van der Waals surface area contributed by atoms with E-state index < -0.39 is 0 Å². The molecule has 2 aromatic rings. The van der Waals surface area contributed by atoms with Crippen molar-refractivity contribution in [1.29, 1.82) is 0 Å². The summed E-state index contributed by atoms with van der Waals surface area (Å²) in [5.41, 5.74) is 2.00. The van der Waals surface area contributed by atoms with Crippen LogP contribution in [-0.2, 0) is 6.42 Å². The van der Waals surface area contributed by atoms with Crippen molar-refractivity contribution in [2.45, 2.75) is 18.6 Å². The van der Waals surface area contributed by atoms with E-state index >= 15 is 0 Å². The molecule has 3 fully saturated rings. The summed E-state index contributed by atoms with van der Waals surface area (Å²) in [4.78, 5) is 9.58. The lowest BCUT2D eigenvalue weighted by Crippen LogP contribution is -2.64. The molecule has 0 saturated carbocycles. The summed E-state index contributed by atoms with van der Waals surface area (Å²) in [5.74, 6) is 0. The molecule has 2 unspecified atom stereocenters. The van der Waals surface area contributed by atoms with Gasteiger partial charge < -0.3 is 5.11 Å². The van der Waals surface area contributed by atoms with Gasteiger partial charge in [-0.25, -0.2) is 0 Å². The molecule has 5 rings (SSSR count). The van der Waals surface area contributed by atoms with Crippen LogP contribution in [0.1, 0.15) is 5.69 Å². The molecular formula is C17H21N3O. The molecule has 1 N–H and O–H groups in total. The quantitative estimate of drug-likeness (QED) is 0.917. The smallest absolute Gasteiger partial charge is 0.0763 e. The number of fused-ring (bicyclic) bond motifs is 4. The molecule has 4 heterocycles. The maximum Gasteiger partial charge on any atom is 0.0763 e. The molecule has 1 aromatic heterocycles. The third kappa shape index (κ3) is 2.55. The minimum absolute atomic E-state index is 0.265. The van der Waals surface area contributed by atoms with E-state index in [9.17, 15) is 5.11 Å². The normalized spacial score (nSPS) is 29.7. The van der Waals surface area contributed by atoms with Crippen LogP contribution < -0.4 is 0 Å². The first-order chi connectivity index (χ1) is 10.3. The van der Waals surface area contributed by atoms with Crippen molar-refractivity contribution in [1.82, 2.24) is 14.8 Å². The van der Waals surface area contributed by atoms with Gasteiger partial charge in [-0.1, -0.05) is 24.3 Å². The Kier molecular flexibility index (Phi) is 3.37. The number of nitrogens with zero attached hydrogens (tertiary/aromatic N) is 3. The van der Waals surface area contributed by atoms with Crippen molar-refractivity contribution in [3.05, 3.63) is 42.1 Å². The third-order valence-corrected chi connectivity index (χ3v) is 4.84. The second-order valence-corrected chi connectivity index (χ2v) is 6.17. The highest BCUT2D eigenvalue weighted by Crippen LogP contribution is 2.21. The Labute approximate surface area is 125 Å². The lowest BCUT2D eigenvalue weighted by Gasteiger charge is -2.49. The van der Waals surface area contributed by atoms with Crippen LogP contribution in [0.2, 0.25) is 0 Å². The van der Waals surface area contributed by atoms with E-state index in [1.165, 1.54) is 0 Å². The number of hydrogen-bond acceptors (Lipinski definition) is 4. The Morgan fingerprint density at radius 2 is 1.90 bits per heavy atom. The summed E-state index contributed by atoms with van der Waals surface area (Å²) >= 11 is 0. The standard InChI is InChI=1S/C17H21N3O/c21-17(16-12-19-7-9-20(16)10-8-19)11-14-6-5-13-3-1-2-4-15(13)18-14/h1-6,16-17,21H,7-12H2. The van der Waals surface area contributed by atoms with Crippen molar-refractivity contribution in [2.75, 3.05) is 32.7 Å². The highest BCUT2D eigenvalue weighted by molar-refractivity contribution is 5.78. The lowest BCUT2D eigenvalue weighted by atomic mass is 9.98. The van der Waals surface area contributed by atoms with Crippen molar-refractivity contribution in [3.8, 4) is 0 Å². The predicted octanol–water partition coefficient (Wildman–Crippen LogP) is 1.14. The molecule has 1 aromatic carbocycles. The number of benzene rings is 1. The summed E-state index contributed by atoms with van der Waals surface area (Å²) in [6, 6.07) is 12.5. The SMILES string of the molecule is OC(Cc1ccc2ccccc2n1)C1CN2CCN1CC2. The molecule has 3 aliphatic heterocycles. The molecule has 0 amide bonds. The predicted molar refractivity (Wildman–Crippen MR) is 83.3 cm³/mol. The molecule has 0 spiro atoms. The average Bonchev–Trinajstić information content (AvgIpc) is 2.56. The summed E-state index contributed by atoms with van der Waals surface area (Å²) < 4.78 is 0. The van der Waals surface area contributed by atoms with E-state index in [2.05, 4.69) is 26.9 Å². The number of piperazine rings is 3. The molecule has 0 radical (unpaired) electrons. The first-order valence-corrected chi connectivity index (χ1v) is 7.79. The van der Waals surface area contributed by atoms with Gasteiger partial charge in [0.05, 0.1) is 11.6 Å². The van der Waals surface area contributed by atoms with E-state index in [0.717, 1.165) is 49.3 Å². The van der Waals surface area contributed by atoms with Gasteiger partial charge >= 0.3 is 0 Å². The summed E-state index contributed by atoms with van der Waals surface area (Å²) in [7, 11) is 0. The molecular weight excluding hydrogens is 262 g/mol. The lowest BCUT2D eigenvalue weighted by molar-refractivity contribution is -0.0455. The van der Waals surface area contributed by atoms with Crippen LogP contribution in [0.15, 0.2) is 36.4 Å². The monoisotopic (exact) mass is 283 g/mol. The molecule has 21 heavy (non-hydrogen) atoms. The van der Waals surface area contributed by atoms with Gasteiger partial charge in [0.2, 0.25) is 0 Å². The van der Waals surface area contributed by atoms with E-state index in [1.54, 1.807) is 0 Å². The number of aliphatic hydroxyl groups excluding tert-OH is 1. The van der Waals surface area contributed by atoms with Crippen molar-refractivity contribution in [3.63, 3.8) is 0 Å². The molecule has 3 aliphatic rings. The molecule has 0 aliphatic carbocycles. The Balaban J connectivity index is 1.51. The van der Waals surface area contributed by atoms with Crippen LogP contribution in [0.3, 0.4) is 0 Å². The third-order valence-electron chi connectivity index (χ3n) is 4.84. The molecule has 110 valence electrons. The fourth-order valence-electron chi connectivity index (χ4n) is 3.59. The Bertz CT molecular complexity index is 637. The zero-order valence-electron chi connectivity index (χ0n) is 12.2. The minimum atomic E-state index is -0.332. The summed E-state index contributed by atoms with van der Waals surface area (Å²) in [6.07, 6.45) is 0.307. The van der Waals surface area contributed by atoms with Crippen LogP contribution in [-0.4, -0.2) is 64.8 Å². The van der Waals surface area contributed by atoms with Crippen LogP contribution in [0, 0.1) is 0 Å². The number of hydrogen-bond donors (Lipinski definition) is 1. The van der Waals surface area contributed by atoms with Crippen LogP contribution in [0.25, 0.3) is 10.9 Å². The first-order valence-electron chi connectivity index (χ1n) is 7.79. The highest BCUT2D eigenvalue weighted by atomic mass is 16.3. The van der Waals surface area contributed by atoms with Gasteiger partial charge in [0.1, 0.15) is 0 Å². The van der Waals surface area contributed by atoms with Crippen molar-refractivity contribution >= 4 is 10.9 Å². The maximum absolute atomic E-state index is 10.6. The number of rotatable bonds is 3. The van der Waals surface area contributed by atoms with Gasteiger partial charge in [0.15, 0.2) is 0 Å². The van der Waals surface area contributed by atoms with Crippen molar-refractivity contribution in [2.24, 2.45) is 0 Å². The highest BCUT2D eigenvalue weighted by Gasteiger charge is 2.36. The van der Waals surface area contributed by atoms with E-state index in [1.807, 2.05) is 24.3 Å². The average molecular weight is 283 g/mol. The number of pyridine rings is 1. The minimum Gasteiger partial charge on any atom is -0.391 e. The van der Waals surface area contributed by atoms with E-state index in [-0.39, 0.29) is 12.1 Å². The van der Waals surface area contributed by atoms with Gasteiger partial charge in [0.25, 0.3) is 0 Å².